The summed E-state index contributed by atoms with van der Waals surface area (Å²) in [5, 5.41) is 6.07. The number of carbonyl (C=O) groups is 2. The molecule has 0 spiro atoms. The zero-order valence-electron chi connectivity index (χ0n) is 14.0. The number of methoxy groups -OCH3 is 1. The molecule has 2 amide bonds. The largest absolute Gasteiger partial charge is 0.496 e. The molecule has 25 heavy (non-hydrogen) atoms. The number of nitrogens with zero attached hydrogens (tertiary/aromatic N) is 1. The third-order valence-corrected chi connectivity index (χ3v) is 4.53. The molecule has 0 radical (unpaired) electrons. The molecule has 1 aromatic heterocycles. The molecule has 0 aliphatic heterocycles. The number of amides is 2. The Morgan fingerprint density at radius 3 is 2.64 bits per heavy atom. The van der Waals surface area contributed by atoms with E-state index < -0.39 is 0 Å². The number of aryl methyl sites for hydroxylation is 1. The van der Waals surface area contributed by atoms with Crippen LogP contribution in [-0.2, 0) is 4.79 Å². The van der Waals surface area contributed by atoms with Crippen LogP contribution in [0.5, 0.6) is 5.75 Å². The molecule has 2 N–H and O–H groups in total. The van der Waals surface area contributed by atoms with E-state index in [2.05, 4.69) is 15.6 Å². The van der Waals surface area contributed by atoms with E-state index in [0.717, 1.165) is 15.8 Å². The fraction of sp³-hybridized carbons (Fsp3) is 0.167. The second-order valence-corrected chi connectivity index (χ2v) is 6.55. The molecule has 0 atom stereocenters. The standard InChI is InChI=1S/C18H17N3O3S/c1-10-4-5-12(8-15(10)24-3)17(23)20-13-6-7-14-16(9-13)25-18(21-14)19-11(2)22/h4-9H,1-3H3,(H,20,23)(H,19,21,22). The molecule has 0 saturated heterocycles. The first-order valence-corrected chi connectivity index (χ1v) is 8.42. The van der Waals surface area contributed by atoms with Crippen LogP contribution in [0.3, 0.4) is 0 Å². The molecule has 0 saturated carbocycles. The Balaban J connectivity index is 1.82. The van der Waals surface area contributed by atoms with Crippen LogP contribution in [0.2, 0.25) is 0 Å². The molecule has 1 heterocycles. The smallest absolute Gasteiger partial charge is 0.255 e. The molecule has 2 aromatic carbocycles. The van der Waals surface area contributed by atoms with Gasteiger partial charge in [-0.2, -0.15) is 0 Å². The van der Waals surface area contributed by atoms with Crippen molar-refractivity contribution in [3.05, 3.63) is 47.5 Å². The van der Waals surface area contributed by atoms with E-state index in [1.165, 1.54) is 18.3 Å². The van der Waals surface area contributed by atoms with Crippen molar-refractivity contribution in [2.45, 2.75) is 13.8 Å². The van der Waals surface area contributed by atoms with Gasteiger partial charge in [0.1, 0.15) is 5.75 Å². The summed E-state index contributed by atoms with van der Waals surface area (Å²) in [4.78, 5) is 27.9. The number of hydrogen-bond donors (Lipinski definition) is 2. The van der Waals surface area contributed by atoms with Crippen molar-refractivity contribution in [3.8, 4) is 5.75 Å². The Morgan fingerprint density at radius 1 is 1.12 bits per heavy atom. The summed E-state index contributed by atoms with van der Waals surface area (Å²) in [7, 11) is 1.58. The molecule has 0 aliphatic rings. The molecule has 0 bridgehead atoms. The molecule has 0 unspecified atom stereocenters. The Kier molecular flexibility index (Phi) is 4.67. The van der Waals surface area contributed by atoms with E-state index in [1.54, 1.807) is 25.3 Å². The van der Waals surface area contributed by atoms with Crippen LogP contribution in [0.15, 0.2) is 36.4 Å². The number of nitrogens with one attached hydrogen (secondary N) is 2. The molecule has 3 rings (SSSR count). The summed E-state index contributed by atoms with van der Waals surface area (Å²) in [6.07, 6.45) is 0. The first kappa shape index (κ1) is 16.9. The minimum absolute atomic E-state index is 0.166. The summed E-state index contributed by atoms with van der Waals surface area (Å²) in [6, 6.07) is 10.7. The van der Waals surface area contributed by atoms with Gasteiger partial charge in [0.25, 0.3) is 5.91 Å². The Morgan fingerprint density at radius 2 is 1.92 bits per heavy atom. The lowest BCUT2D eigenvalue weighted by Crippen LogP contribution is -2.12. The third kappa shape index (κ3) is 3.77. The highest BCUT2D eigenvalue weighted by molar-refractivity contribution is 7.22. The normalized spacial score (nSPS) is 10.5. The van der Waals surface area contributed by atoms with Crippen molar-refractivity contribution >= 4 is 44.2 Å². The van der Waals surface area contributed by atoms with Crippen LogP contribution in [-0.4, -0.2) is 23.9 Å². The van der Waals surface area contributed by atoms with E-state index in [4.69, 9.17) is 4.74 Å². The van der Waals surface area contributed by atoms with E-state index in [1.807, 2.05) is 25.1 Å². The van der Waals surface area contributed by atoms with Gasteiger partial charge in [-0.1, -0.05) is 17.4 Å². The lowest BCUT2D eigenvalue weighted by Gasteiger charge is -2.08. The maximum Gasteiger partial charge on any atom is 0.255 e. The van der Waals surface area contributed by atoms with Crippen LogP contribution in [0.25, 0.3) is 10.2 Å². The van der Waals surface area contributed by atoms with Gasteiger partial charge < -0.3 is 15.4 Å². The molecule has 128 valence electrons. The predicted molar refractivity (Wildman–Crippen MR) is 99.6 cm³/mol. The average molecular weight is 355 g/mol. The Labute approximate surface area is 148 Å². The zero-order valence-corrected chi connectivity index (χ0v) is 14.9. The molecular weight excluding hydrogens is 338 g/mol. The molecular formula is C18H17N3O3S. The number of benzene rings is 2. The topological polar surface area (TPSA) is 80.3 Å². The van der Waals surface area contributed by atoms with Gasteiger partial charge in [-0.25, -0.2) is 4.98 Å². The number of rotatable bonds is 4. The number of anilines is 2. The molecule has 7 heteroatoms. The monoisotopic (exact) mass is 355 g/mol. The van der Waals surface area contributed by atoms with Crippen LogP contribution in [0.1, 0.15) is 22.8 Å². The van der Waals surface area contributed by atoms with Crippen molar-refractivity contribution in [2.75, 3.05) is 17.7 Å². The minimum Gasteiger partial charge on any atom is -0.496 e. The predicted octanol–water partition coefficient (Wildman–Crippen LogP) is 3.82. The van der Waals surface area contributed by atoms with Gasteiger partial charge in [0.15, 0.2) is 5.13 Å². The quantitative estimate of drug-likeness (QED) is 0.745. The maximum atomic E-state index is 12.4. The highest BCUT2D eigenvalue weighted by Crippen LogP contribution is 2.28. The van der Waals surface area contributed by atoms with Crippen molar-refractivity contribution in [2.24, 2.45) is 0 Å². The number of fused-ring (bicyclic) bond motifs is 1. The second-order valence-electron chi connectivity index (χ2n) is 5.52. The van der Waals surface area contributed by atoms with Gasteiger partial charge in [0, 0.05) is 18.2 Å². The lowest BCUT2D eigenvalue weighted by molar-refractivity contribution is -0.114. The van der Waals surface area contributed by atoms with Gasteiger partial charge >= 0.3 is 0 Å². The maximum absolute atomic E-state index is 12.4. The minimum atomic E-state index is -0.218. The first-order chi connectivity index (χ1) is 12.0. The third-order valence-electron chi connectivity index (χ3n) is 3.60. The number of aromatic nitrogens is 1. The van der Waals surface area contributed by atoms with Crippen LogP contribution in [0, 0.1) is 6.92 Å². The van der Waals surface area contributed by atoms with Crippen LogP contribution in [0.4, 0.5) is 10.8 Å². The zero-order chi connectivity index (χ0) is 18.0. The summed E-state index contributed by atoms with van der Waals surface area (Å²) >= 11 is 1.36. The fourth-order valence-electron chi connectivity index (χ4n) is 2.37. The summed E-state index contributed by atoms with van der Waals surface area (Å²) in [5.41, 5.74) is 2.92. The van der Waals surface area contributed by atoms with Gasteiger partial charge in [0.2, 0.25) is 5.91 Å². The van der Waals surface area contributed by atoms with Crippen LogP contribution < -0.4 is 15.4 Å². The second kappa shape index (κ2) is 6.90. The van der Waals surface area contributed by atoms with Crippen molar-refractivity contribution in [1.82, 2.24) is 4.98 Å². The number of thiazole rings is 1. The number of hydrogen-bond acceptors (Lipinski definition) is 5. The summed E-state index contributed by atoms with van der Waals surface area (Å²) < 4.78 is 6.13. The Bertz CT molecular complexity index is 965. The highest BCUT2D eigenvalue weighted by Gasteiger charge is 2.11. The van der Waals surface area contributed by atoms with Crippen molar-refractivity contribution < 1.29 is 14.3 Å². The van der Waals surface area contributed by atoms with Crippen molar-refractivity contribution in [3.63, 3.8) is 0 Å². The molecule has 0 aliphatic carbocycles. The van der Waals surface area contributed by atoms with Gasteiger partial charge in [-0.3, -0.25) is 9.59 Å². The SMILES string of the molecule is COc1cc(C(=O)Nc2ccc3nc(NC(C)=O)sc3c2)ccc1C. The first-order valence-electron chi connectivity index (χ1n) is 7.60. The molecule has 6 nitrogen and oxygen atoms in total. The Hall–Kier alpha value is -2.93. The molecule has 3 aromatic rings. The van der Waals surface area contributed by atoms with Gasteiger partial charge in [-0.15, -0.1) is 0 Å². The average Bonchev–Trinajstić information content (AvgIpc) is 2.95. The van der Waals surface area contributed by atoms with E-state index >= 15 is 0 Å². The highest BCUT2D eigenvalue weighted by atomic mass is 32.1. The molecule has 0 fully saturated rings. The number of carbonyl (C=O) groups excluding carboxylic acids is 2. The number of ether oxygens (including phenoxy) is 1. The summed E-state index contributed by atoms with van der Waals surface area (Å²) in [5.74, 6) is 0.288. The van der Waals surface area contributed by atoms with Crippen molar-refractivity contribution in [1.29, 1.82) is 0 Å². The van der Waals surface area contributed by atoms with E-state index in [-0.39, 0.29) is 11.8 Å². The fourth-order valence-corrected chi connectivity index (χ4v) is 3.32. The lowest BCUT2D eigenvalue weighted by atomic mass is 10.1. The van der Waals surface area contributed by atoms with E-state index in [0.29, 0.717) is 22.1 Å². The van der Waals surface area contributed by atoms with E-state index in [9.17, 15) is 9.59 Å². The van der Waals surface area contributed by atoms with Crippen LogP contribution >= 0.6 is 11.3 Å². The van der Waals surface area contributed by atoms with Gasteiger partial charge in [-0.05, 0) is 42.8 Å². The summed E-state index contributed by atoms with van der Waals surface area (Å²) in [6.45, 7) is 3.36. The van der Waals surface area contributed by atoms with Gasteiger partial charge in [0.05, 0.1) is 17.3 Å².